The number of nitrogens with one attached hydrogen (secondary N) is 2. The van der Waals surface area contributed by atoms with Crippen molar-refractivity contribution in [3.8, 4) is 0 Å². The van der Waals surface area contributed by atoms with E-state index in [-0.39, 0.29) is 11.8 Å². The van der Waals surface area contributed by atoms with Crippen LogP contribution in [0.1, 0.15) is 36.3 Å². The molecule has 1 aromatic rings. The molecule has 2 fully saturated rings. The maximum atomic E-state index is 12.7. The van der Waals surface area contributed by atoms with Crippen molar-refractivity contribution in [1.82, 2.24) is 15.5 Å². The van der Waals surface area contributed by atoms with Gasteiger partial charge in [0.15, 0.2) is 0 Å². The molecule has 3 aliphatic rings. The number of rotatable bonds is 2. The Morgan fingerprint density at radius 1 is 1.24 bits per heavy atom. The molecule has 1 aromatic carbocycles. The number of hydrogen-bond donors (Lipinski definition) is 2. The van der Waals surface area contributed by atoms with Crippen LogP contribution in [0.4, 0.5) is 0 Å². The number of amides is 1. The van der Waals surface area contributed by atoms with Crippen LogP contribution in [0, 0.1) is 0 Å². The first-order chi connectivity index (χ1) is 10.3. The Hall–Kier alpha value is -1.39. The molecular formula is C17H23N3O. The molecule has 3 heterocycles. The monoisotopic (exact) mass is 285 g/mol. The van der Waals surface area contributed by atoms with Crippen molar-refractivity contribution >= 4 is 5.91 Å². The van der Waals surface area contributed by atoms with Crippen LogP contribution in [0.25, 0.3) is 0 Å². The van der Waals surface area contributed by atoms with Gasteiger partial charge in [-0.25, -0.2) is 0 Å². The summed E-state index contributed by atoms with van der Waals surface area (Å²) in [6, 6.07) is 9.26. The summed E-state index contributed by atoms with van der Waals surface area (Å²) in [4.78, 5) is 15.3. The van der Waals surface area contributed by atoms with Crippen LogP contribution in [0.3, 0.4) is 0 Å². The molecule has 0 radical (unpaired) electrons. The number of carbonyl (C=O) groups is 1. The van der Waals surface area contributed by atoms with Gasteiger partial charge in [-0.2, -0.15) is 0 Å². The highest BCUT2D eigenvalue weighted by molar-refractivity contribution is 5.85. The molecule has 2 N–H and O–H groups in total. The smallest absolute Gasteiger partial charge is 0.229 e. The number of fused-ring (bicyclic) bond motifs is 2. The van der Waals surface area contributed by atoms with Crippen LogP contribution in [-0.4, -0.2) is 42.5 Å². The number of benzene rings is 1. The maximum Gasteiger partial charge on any atom is 0.229 e. The first-order valence-corrected chi connectivity index (χ1v) is 8.16. The predicted octanol–water partition coefficient (Wildman–Crippen LogP) is 1.23. The second kappa shape index (κ2) is 5.43. The highest BCUT2D eigenvalue weighted by Crippen LogP contribution is 2.29. The van der Waals surface area contributed by atoms with Gasteiger partial charge < -0.3 is 10.6 Å². The summed E-state index contributed by atoms with van der Waals surface area (Å²) in [7, 11) is 0. The van der Waals surface area contributed by atoms with Crippen LogP contribution in [0.15, 0.2) is 24.3 Å². The van der Waals surface area contributed by atoms with Gasteiger partial charge in [0.1, 0.15) is 0 Å². The van der Waals surface area contributed by atoms with Gasteiger partial charge >= 0.3 is 0 Å². The molecular weight excluding hydrogens is 262 g/mol. The van der Waals surface area contributed by atoms with E-state index in [0.717, 1.165) is 26.1 Å². The minimum atomic E-state index is -0.0367. The SMILES string of the molecule is O=C(NC1CCN2CCCC12)C1CNCc2ccccc21. The zero-order chi connectivity index (χ0) is 14.2. The molecule has 3 unspecified atom stereocenters. The second-order valence-electron chi connectivity index (χ2n) is 6.53. The molecule has 3 aliphatic heterocycles. The lowest BCUT2D eigenvalue weighted by molar-refractivity contribution is -0.123. The molecule has 0 bridgehead atoms. The first-order valence-electron chi connectivity index (χ1n) is 8.16. The van der Waals surface area contributed by atoms with E-state index in [2.05, 4.69) is 27.7 Å². The summed E-state index contributed by atoms with van der Waals surface area (Å²) >= 11 is 0. The standard InChI is InChI=1S/C17H23N3O/c21-17(19-15-7-9-20-8-3-6-16(15)20)14-11-18-10-12-4-1-2-5-13(12)14/h1-2,4-5,14-16,18H,3,6-11H2,(H,19,21). The average molecular weight is 285 g/mol. The number of carbonyl (C=O) groups excluding carboxylic acids is 1. The Bertz CT molecular complexity index is 545. The molecule has 21 heavy (non-hydrogen) atoms. The van der Waals surface area contributed by atoms with E-state index in [1.54, 1.807) is 0 Å². The van der Waals surface area contributed by atoms with Gasteiger partial charge in [0, 0.05) is 31.7 Å². The van der Waals surface area contributed by atoms with E-state index in [9.17, 15) is 4.79 Å². The van der Waals surface area contributed by atoms with Gasteiger partial charge in [-0.15, -0.1) is 0 Å². The third-order valence-electron chi connectivity index (χ3n) is 5.34. The van der Waals surface area contributed by atoms with E-state index in [0.29, 0.717) is 12.1 Å². The van der Waals surface area contributed by atoms with Gasteiger partial charge in [0.25, 0.3) is 0 Å². The van der Waals surface area contributed by atoms with Crippen molar-refractivity contribution in [2.24, 2.45) is 0 Å². The highest BCUT2D eigenvalue weighted by Gasteiger charge is 2.39. The summed E-state index contributed by atoms with van der Waals surface area (Å²) in [6.45, 7) is 3.99. The van der Waals surface area contributed by atoms with Crippen LogP contribution in [-0.2, 0) is 11.3 Å². The molecule has 0 saturated carbocycles. The largest absolute Gasteiger partial charge is 0.351 e. The molecule has 4 nitrogen and oxygen atoms in total. The van der Waals surface area contributed by atoms with Crippen molar-refractivity contribution in [2.75, 3.05) is 19.6 Å². The number of hydrogen-bond acceptors (Lipinski definition) is 3. The zero-order valence-electron chi connectivity index (χ0n) is 12.3. The lowest BCUT2D eigenvalue weighted by Crippen LogP contribution is -2.46. The highest BCUT2D eigenvalue weighted by atomic mass is 16.2. The lowest BCUT2D eigenvalue weighted by atomic mass is 9.90. The predicted molar refractivity (Wildman–Crippen MR) is 82.0 cm³/mol. The Morgan fingerprint density at radius 2 is 2.14 bits per heavy atom. The zero-order valence-corrected chi connectivity index (χ0v) is 12.3. The fraction of sp³-hybridized carbons (Fsp3) is 0.588. The van der Waals surface area contributed by atoms with E-state index in [1.165, 1.54) is 30.5 Å². The summed E-state index contributed by atoms with van der Waals surface area (Å²) in [5, 5.41) is 6.71. The fourth-order valence-corrected chi connectivity index (χ4v) is 4.26. The summed E-state index contributed by atoms with van der Waals surface area (Å²) in [6.07, 6.45) is 3.63. The van der Waals surface area contributed by atoms with Gasteiger partial charge in [0.05, 0.1) is 5.92 Å². The summed E-state index contributed by atoms with van der Waals surface area (Å²) in [5.41, 5.74) is 2.47. The minimum Gasteiger partial charge on any atom is -0.351 e. The van der Waals surface area contributed by atoms with E-state index in [4.69, 9.17) is 0 Å². The van der Waals surface area contributed by atoms with Crippen molar-refractivity contribution in [3.05, 3.63) is 35.4 Å². The maximum absolute atomic E-state index is 12.7. The third-order valence-corrected chi connectivity index (χ3v) is 5.34. The van der Waals surface area contributed by atoms with Crippen molar-refractivity contribution in [2.45, 2.75) is 43.8 Å². The molecule has 4 heteroatoms. The Morgan fingerprint density at radius 3 is 3.10 bits per heavy atom. The van der Waals surface area contributed by atoms with Crippen LogP contribution in [0.2, 0.25) is 0 Å². The first kappa shape index (κ1) is 13.3. The Balaban J connectivity index is 1.48. The molecule has 4 rings (SSSR count). The molecule has 0 spiro atoms. The van der Waals surface area contributed by atoms with Crippen molar-refractivity contribution in [3.63, 3.8) is 0 Å². The number of nitrogens with zero attached hydrogens (tertiary/aromatic N) is 1. The Kier molecular flexibility index (Phi) is 3.43. The van der Waals surface area contributed by atoms with E-state index in [1.807, 2.05) is 12.1 Å². The van der Waals surface area contributed by atoms with Crippen molar-refractivity contribution in [1.29, 1.82) is 0 Å². The fourth-order valence-electron chi connectivity index (χ4n) is 4.26. The molecule has 1 amide bonds. The topological polar surface area (TPSA) is 44.4 Å². The normalized spacial score (nSPS) is 31.7. The molecule has 112 valence electrons. The van der Waals surface area contributed by atoms with Gasteiger partial charge in [-0.1, -0.05) is 24.3 Å². The quantitative estimate of drug-likeness (QED) is 0.859. The second-order valence-corrected chi connectivity index (χ2v) is 6.53. The van der Waals surface area contributed by atoms with Gasteiger partial charge in [-0.3, -0.25) is 9.69 Å². The van der Waals surface area contributed by atoms with Crippen LogP contribution in [0.5, 0.6) is 0 Å². The Labute approximate surface area is 125 Å². The third kappa shape index (κ3) is 2.36. The average Bonchev–Trinajstić information content (AvgIpc) is 3.12. The van der Waals surface area contributed by atoms with Gasteiger partial charge in [-0.05, 0) is 36.9 Å². The summed E-state index contributed by atoms with van der Waals surface area (Å²) in [5.74, 6) is 0.166. The molecule has 0 aromatic heterocycles. The summed E-state index contributed by atoms with van der Waals surface area (Å²) < 4.78 is 0. The van der Waals surface area contributed by atoms with Crippen LogP contribution >= 0.6 is 0 Å². The molecule has 2 saturated heterocycles. The van der Waals surface area contributed by atoms with E-state index >= 15 is 0 Å². The van der Waals surface area contributed by atoms with Crippen LogP contribution < -0.4 is 10.6 Å². The van der Waals surface area contributed by atoms with E-state index < -0.39 is 0 Å². The molecule has 0 aliphatic carbocycles. The molecule has 3 atom stereocenters. The minimum absolute atomic E-state index is 0.0367. The van der Waals surface area contributed by atoms with Gasteiger partial charge in [0.2, 0.25) is 5.91 Å². The van der Waals surface area contributed by atoms with Crippen molar-refractivity contribution < 1.29 is 4.79 Å². The lowest BCUT2D eigenvalue weighted by Gasteiger charge is -2.28.